The zero-order valence-corrected chi connectivity index (χ0v) is 10.1. The molecule has 0 saturated heterocycles. The van der Waals surface area contributed by atoms with E-state index in [1.165, 1.54) is 0 Å². The van der Waals surface area contributed by atoms with Crippen LogP contribution in [0.1, 0.15) is 31.4 Å². The van der Waals surface area contributed by atoms with E-state index >= 15 is 0 Å². The molecule has 1 aromatic rings. The van der Waals surface area contributed by atoms with E-state index in [-0.39, 0.29) is 24.6 Å². The molecule has 0 aliphatic heterocycles. The molecule has 1 amide bonds. The summed E-state index contributed by atoms with van der Waals surface area (Å²) in [5.74, 6) is -0.319. The molecule has 0 spiro atoms. The Bertz CT molecular complexity index is 341. The Labute approximate surface area is 102 Å². The predicted octanol–water partition coefficient (Wildman–Crippen LogP) is 0.964. The summed E-state index contributed by atoms with van der Waals surface area (Å²) >= 11 is 0. The Kier molecular flexibility index (Phi) is 5.66. The maximum atomic E-state index is 10.8. The van der Waals surface area contributed by atoms with E-state index in [0.29, 0.717) is 12.8 Å². The number of benzene rings is 1. The van der Waals surface area contributed by atoms with E-state index in [1.807, 2.05) is 37.3 Å². The van der Waals surface area contributed by atoms with Crippen LogP contribution in [0.4, 0.5) is 0 Å². The molecule has 0 aliphatic rings. The number of nitrogens with two attached hydrogens (primary N) is 1. The average Bonchev–Trinajstić information content (AvgIpc) is 2.28. The maximum Gasteiger partial charge on any atom is 0.218 e. The Morgan fingerprint density at radius 2 is 2.06 bits per heavy atom. The first-order valence-corrected chi connectivity index (χ1v) is 5.83. The first kappa shape index (κ1) is 13.7. The van der Waals surface area contributed by atoms with E-state index in [0.717, 1.165) is 5.56 Å². The van der Waals surface area contributed by atoms with Crippen molar-refractivity contribution in [2.45, 2.75) is 31.8 Å². The lowest BCUT2D eigenvalue weighted by molar-refractivity contribution is -0.118. The first-order chi connectivity index (χ1) is 8.13. The molecule has 0 saturated carbocycles. The SMILES string of the molecule is CC(CC(N)=O)N[C@H](CCO)c1ccccc1. The fourth-order valence-electron chi connectivity index (χ4n) is 1.86. The number of aliphatic hydroxyl groups is 1. The minimum atomic E-state index is -0.319. The second-order valence-corrected chi connectivity index (χ2v) is 4.21. The van der Waals surface area contributed by atoms with Gasteiger partial charge in [0.05, 0.1) is 0 Å². The zero-order chi connectivity index (χ0) is 12.7. The summed E-state index contributed by atoms with van der Waals surface area (Å²) in [5, 5.41) is 12.4. The van der Waals surface area contributed by atoms with Gasteiger partial charge in [-0.3, -0.25) is 4.79 Å². The van der Waals surface area contributed by atoms with Crippen molar-refractivity contribution >= 4 is 5.91 Å². The number of hydrogen-bond acceptors (Lipinski definition) is 3. The molecule has 17 heavy (non-hydrogen) atoms. The quantitative estimate of drug-likeness (QED) is 0.660. The lowest BCUT2D eigenvalue weighted by Crippen LogP contribution is -2.34. The molecular formula is C13H20N2O2. The Morgan fingerprint density at radius 1 is 1.41 bits per heavy atom. The number of aliphatic hydroxyl groups excluding tert-OH is 1. The van der Waals surface area contributed by atoms with E-state index in [4.69, 9.17) is 10.8 Å². The van der Waals surface area contributed by atoms with Crippen molar-refractivity contribution in [1.82, 2.24) is 5.32 Å². The standard InChI is InChI=1S/C13H20N2O2/c1-10(9-13(14)17)15-12(7-8-16)11-5-3-2-4-6-11/h2-6,10,12,15-16H,7-9H2,1H3,(H2,14,17)/t10?,12-/m1/s1. The highest BCUT2D eigenvalue weighted by atomic mass is 16.3. The Morgan fingerprint density at radius 3 is 2.59 bits per heavy atom. The number of nitrogens with one attached hydrogen (secondary N) is 1. The van der Waals surface area contributed by atoms with E-state index in [1.54, 1.807) is 0 Å². The van der Waals surface area contributed by atoms with Gasteiger partial charge in [-0.15, -0.1) is 0 Å². The van der Waals surface area contributed by atoms with E-state index in [2.05, 4.69) is 5.32 Å². The summed E-state index contributed by atoms with van der Waals surface area (Å²) in [4.78, 5) is 10.8. The molecule has 0 fully saturated rings. The van der Waals surface area contributed by atoms with Gasteiger partial charge >= 0.3 is 0 Å². The topological polar surface area (TPSA) is 75.4 Å². The van der Waals surface area contributed by atoms with Crippen LogP contribution < -0.4 is 11.1 Å². The van der Waals surface area contributed by atoms with E-state index in [9.17, 15) is 4.79 Å². The van der Waals surface area contributed by atoms with Crippen LogP contribution in [0.2, 0.25) is 0 Å². The van der Waals surface area contributed by atoms with Crippen molar-refractivity contribution in [3.63, 3.8) is 0 Å². The molecule has 0 heterocycles. The monoisotopic (exact) mass is 236 g/mol. The minimum absolute atomic E-state index is 0.00394. The normalized spacial score (nSPS) is 14.2. The van der Waals surface area contributed by atoms with Crippen molar-refractivity contribution in [3.8, 4) is 0 Å². The van der Waals surface area contributed by atoms with Gasteiger partial charge in [0, 0.05) is 25.1 Å². The highest BCUT2D eigenvalue weighted by Crippen LogP contribution is 2.17. The largest absolute Gasteiger partial charge is 0.396 e. The molecule has 0 aliphatic carbocycles. The highest BCUT2D eigenvalue weighted by molar-refractivity contribution is 5.74. The summed E-state index contributed by atoms with van der Waals surface area (Å²) in [6.45, 7) is 2.02. The molecule has 1 aromatic carbocycles. The maximum absolute atomic E-state index is 10.8. The van der Waals surface area contributed by atoms with Crippen LogP contribution in [0.3, 0.4) is 0 Å². The van der Waals surface area contributed by atoms with Gasteiger partial charge in [-0.2, -0.15) is 0 Å². The van der Waals surface area contributed by atoms with Crippen LogP contribution >= 0.6 is 0 Å². The van der Waals surface area contributed by atoms with Gasteiger partial charge in [-0.1, -0.05) is 30.3 Å². The molecule has 1 rings (SSSR count). The van der Waals surface area contributed by atoms with Gasteiger partial charge in [0.15, 0.2) is 0 Å². The van der Waals surface area contributed by atoms with Crippen LogP contribution in [-0.2, 0) is 4.79 Å². The molecule has 0 radical (unpaired) electrons. The summed E-state index contributed by atoms with van der Waals surface area (Å²) in [5.41, 5.74) is 6.26. The van der Waals surface area contributed by atoms with Gasteiger partial charge in [-0.05, 0) is 18.9 Å². The van der Waals surface area contributed by atoms with Crippen molar-refractivity contribution in [3.05, 3.63) is 35.9 Å². The predicted molar refractivity (Wildman–Crippen MR) is 67.3 cm³/mol. The van der Waals surface area contributed by atoms with E-state index < -0.39 is 0 Å². The lowest BCUT2D eigenvalue weighted by Gasteiger charge is -2.22. The fraction of sp³-hybridized carbons (Fsp3) is 0.462. The summed E-state index contributed by atoms with van der Waals surface area (Å²) in [6, 6.07) is 9.93. The fourth-order valence-corrected chi connectivity index (χ4v) is 1.86. The Balaban J connectivity index is 2.63. The number of carbonyl (C=O) groups is 1. The van der Waals surface area contributed by atoms with Gasteiger partial charge < -0.3 is 16.2 Å². The van der Waals surface area contributed by atoms with Crippen molar-refractivity contribution in [1.29, 1.82) is 0 Å². The highest BCUT2D eigenvalue weighted by Gasteiger charge is 2.14. The van der Waals surface area contributed by atoms with Crippen LogP contribution in [0, 0.1) is 0 Å². The number of hydrogen-bond donors (Lipinski definition) is 3. The van der Waals surface area contributed by atoms with Gasteiger partial charge in [0.1, 0.15) is 0 Å². The second kappa shape index (κ2) is 7.04. The molecule has 4 nitrogen and oxygen atoms in total. The molecule has 1 unspecified atom stereocenters. The number of rotatable bonds is 7. The third-order valence-electron chi connectivity index (χ3n) is 2.61. The van der Waals surface area contributed by atoms with Crippen molar-refractivity contribution in [2.24, 2.45) is 5.73 Å². The van der Waals surface area contributed by atoms with Crippen LogP contribution in [-0.4, -0.2) is 23.7 Å². The molecule has 0 bridgehead atoms. The zero-order valence-electron chi connectivity index (χ0n) is 10.1. The number of primary amides is 1. The second-order valence-electron chi connectivity index (χ2n) is 4.21. The van der Waals surface area contributed by atoms with Gasteiger partial charge in [0.2, 0.25) is 5.91 Å². The molecule has 2 atom stereocenters. The van der Waals surface area contributed by atoms with Crippen molar-refractivity contribution < 1.29 is 9.90 Å². The third-order valence-corrected chi connectivity index (χ3v) is 2.61. The molecular weight excluding hydrogens is 216 g/mol. The summed E-state index contributed by atoms with van der Waals surface area (Å²) < 4.78 is 0. The Hall–Kier alpha value is -1.39. The molecule has 4 heteroatoms. The minimum Gasteiger partial charge on any atom is -0.396 e. The third kappa shape index (κ3) is 4.97. The molecule has 4 N–H and O–H groups in total. The van der Waals surface area contributed by atoms with Gasteiger partial charge in [-0.25, -0.2) is 0 Å². The number of carbonyl (C=O) groups excluding carboxylic acids is 1. The number of amides is 1. The van der Waals surface area contributed by atoms with Gasteiger partial charge in [0.25, 0.3) is 0 Å². The average molecular weight is 236 g/mol. The summed E-state index contributed by atoms with van der Waals surface area (Å²) in [7, 11) is 0. The molecule has 94 valence electrons. The van der Waals surface area contributed by atoms with Crippen LogP contribution in [0.25, 0.3) is 0 Å². The summed E-state index contributed by atoms with van der Waals surface area (Å²) in [6.07, 6.45) is 0.919. The smallest absolute Gasteiger partial charge is 0.218 e. The van der Waals surface area contributed by atoms with Crippen LogP contribution in [0.15, 0.2) is 30.3 Å². The van der Waals surface area contributed by atoms with Crippen LogP contribution in [0.5, 0.6) is 0 Å². The first-order valence-electron chi connectivity index (χ1n) is 5.83. The molecule has 0 aromatic heterocycles. The lowest BCUT2D eigenvalue weighted by atomic mass is 10.0. The van der Waals surface area contributed by atoms with Crippen molar-refractivity contribution in [2.75, 3.05) is 6.61 Å².